The van der Waals surface area contributed by atoms with Crippen LogP contribution in [0, 0.1) is 0 Å². The van der Waals surface area contributed by atoms with E-state index < -0.39 is 0 Å². The third kappa shape index (κ3) is 3.41. The van der Waals surface area contributed by atoms with Gasteiger partial charge in [0, 0.05) is 12.7 Å². The molecule has 2 heterocycles. The van der Waals surface area contributed by atoms with Crippen LogP contribution in [0.2, 0.25) is 0 Å². The van der Waals surface area contributed by atoms with E-state index in [1.807, 2.05) is 19.1 Å². The number of hydrogen-bond acceptors (Lipinski definition) is 5. The maximum absolute atomic E-state index is 4.43. The number of pyridine rings is 1. The fourth-order valence-electron chi connectivity index (χ4n) is 1.21. The van der Waals surface area contributed by atoms with Gasteiger partial charge in [-0.3, -0.25) is 4.98 Å². The first-order chi connectivity index (χ1) is 8.29. The lowest BCUT2D eigenvalue weighted by atomic mass is 10.5. The van der Waals surface area contributed by atoms with Crippen molar-refractivity contribution in [2.24, 2.45) is 0 Å². The largest absolute Gasteiger partial charge is 0.369 e. The summed E-state index contributed by atoms with van der Waals surface area (Å²) in [6, 6.07) is 3.84. The minimum Gasteiger partial charge on any atom is -0.369 e. The van der Waals surface area contributed by atoms with Crippen molar-refractivity contribution in [2.45, 2.75) is 17.0 Å². The van der Waals surface area contributed by atoms with Gasteiger partial charge in [-0.2, -0.15) is 0 Å². The van der Waals surface area contributed by atoms with Crippen molar-refractivity contribution in [1.82, 2.24) is 15.0 Å². The van der Waals surface area contributed by atoms with Crippen molar-refractivity contribution >= 4 is 33.5 Å². The predicted molar refractivity (Wildman–Crippen MR) is 72.3 cm³/mol. The van der Waals surface area contributed by atoms with Gasteiger partial charge in [-0.05, 0) is 46.7 Å². The van der Waals surface area contributed by atoms with Gasteiger partial charge in [0.25, 0.3) is 0 Å². The third-order valence-corrected chi connectivity index (χ3v) is 3.72. The minimum absolute atomic E-state index is 0.782. The van der Waals surface area contributed by atoms with E-state index in [2.05, 4.69) is 36.2 Å². The van der Waals surface area contributed by atoms with Crippen molar-refractivity contribution in [1.29, 1.82) is 0 Å². The molecule has 0 amide bonds. The average Bonchev–Trinajstić information content (AvgIpc) is 2.33. The zero-order chi connectivity index (χ0) is 12.1. The Morgan fingerprint density at radius 1 is 1.41 bits per heavy atom. The number of nitrogens with one attached hydrogen (secondary N) is 1. The van der Waals surface area contributed by atoms with Crippen LogP contribution in [0.25, 0.3) is 0 Å². The van der Waals surface area contributed by atoms with E-state index in [9.17, 15) is 0 Å². The Morgan fingerprint density at radius 2 is 2.29 bits per heavy atom. The fourth-order valence-corrected chi connectivity index (χ4v) is 2.44. The molecule has 0 radical (unpaired) electrons. The van der Waals surface area contributed by atoms with Crippen LogP contribution in [0.1, 0.15) is 6.92 Å². The molecular weight excluding hydrogens is 300 g/mol. The minimum atomic E-state index is 0.782. The van der Waals surface area contributed by atoms with Gasteiger partial charge in [0.05, 0.1) is 16.9 Å². The lowest BCUT2D eigenvalue weighted by Gasteiger charge is -2.04. The smallest absolute Gasteiger partial charge is 0.145 e. The predicted octanol–water partition coefficient (Wildman–Crippen LogP) is 3.22. The molecule has 17 heavy (non-hydrogen) atoms. The maximum atomic E-state index is 4.43. The molecule has 0 aliphatic carbocycles. The first-order valence-electron chi connectivity index (χ1n) is 5.14. The number of aromatic nitrogens is 3. The molecule has 2 aromatic rings. The maximum Gasteiger partial charge on any atom is 0.145 e. The van der Waals surface area contributed by atoms with Crippen LogP contribution in [-0.2, 0) is 0 Å². The molecule has 2 aromatic heterocycles. The molecule has 0 unspecified atom stereocenters. The Bertz CT molecular complexity index is 506. The van der Waals surface area contributed by atoms with Gasteiger partial charge in [0.1, 0.15) is 15.9 Å². The van der Waals surface area contributed by atoms with Crippen LogP contribution in [0.5, 0.6) is 0 Å². The Labute approximate surface area is 112 Å². The van der Waals surface area contributed by atoms with E-state index in [0.29, 0.717) is 0 Å². The highest BCUT2D eigenvalue weighted by molar-refractivity contribution is 9.10. The molecule has 0 aliphatic heterocycles. The molecule has 0 saturated heterocycles. The van der Waals surface area contributed by atoms with Crippen LogP contribution in [0.4, 0.5) is 5.82 Å². The summed E-state index contributed by atoms with van der Waals surface area (Å²) in [5.41, 5.74) is 0. The quantitative estimate of drug-likeness (QED) is 0.939. The van der Waals surface area contributed by atoms with Crippen LogP contribution < -0.4 is 5.32 Å². The van der Waals surface area contributed by atoms with Gasteiger partial charge in [0.15, 0.2) is 0 Å². The van der Waals surface area contributed by atoms with Gasteiger partial charge >= 0.3 is 0 Å². The standard InChI is InChI=1S/C11H11BrN4S/c1-2-14-9-6-13-7-10(16-9)17-11-8(12)4-3-5-15-11/h3-7H,2H2,1H3,(H,14,16). The molecule has 0 bridgehead atoms. The Balaban J connectivity index is 2.18. The average molecular weight is 311 g/mol. The molecule has 0 fully saturated rings. The lowest BCUT2D eigenvalue weighted by Crippen LogP contribution is -2.00. The molecule has 1 N–H and O–H groups in total. The molecule has 0 saturated carbocycles. The van der Waals surface area contributed by atoms with Gasteiger partial charge in [0.2, 0.25) is 0 Å². The van der Waals surface area contributed by atoms with Gasteiger partial charge in [-0.15, -0.1) is 0 Å². The third-order valence-electron chi connectivity index (χ3n) is 1.90. The zero-order valence-corrected chi connectivity index (χ0v) is 11.6. The van der Waals surface area contributed by atoms with E-state index in [0.717, 1.165) is 26.9 Å². The number of hydrogen-bond donors (Lipinski definition) is 1. The van der Waals surface area contributed by atoms with Crippen LogP contribution in [0.15, 0.2) is 45.2 Å². The van der Waals surface area contributed by atoms with Crippen molar-refractivity contribution in [3.8, 4) is 0 Å². The van der Waals surface area contributed by atoms with Crippen molar-refractivity contribution in [2.75, 3.05) is 11.9 Å². The summed E-state index contributed by atoms with van der Waals surface area (Å²) >= 11 is 4.94. The number of nitrogens with zero attached hydrogens (tertiary/aromatic N) is 3. The van der Waals surface area contributed by atoms with E-state index >= 15 is 0 Å². The first kappa shape index (κ1) is 12.3. The van der Waals surface area contributed by atoms with Gasteiger partial charge in [-0.1, -0.05) is 0 Å². The second-order valence-corrected chi connectivity index (χ2v) is 5.03. The summed E-state index contributed by atoms with van der Waals surface area (Å²) in [6.07, 6.45) is 5.20. The van der Waals surface area contributed by atoms with Crippen molar-refractivity contribution in [3.05, 3.63) is 35.2 Å². The highest BCUT2D eigenvalue weighted by atomic mass is 79.9. The molecular formula is C11H11BrN4S. The molecule has 0 atom stereocenters. The Hall–Kier alpha value is -1.14. The summed E-state index contributed by atoms with van der Waals surface area (Å²) in [7, 11) is 0. The van der Waals surface area contributed by atoms with E-state index in [1.165, 1.54) is 11.8 Å². The van der Waals surface area contributed by atoms with E-state index in [1.54, 1.807) is 18.6 Å². The molecule has 0 spiro atoms. The van der Waals surface area contributed by atoms with E-state index in [-0.39, 0.29) is 0 Å². The monoisotopic (exact) mass is 310 g/mol. The molecule has 0 aromatic carbocycles. The topological polar surface area (TPSA) is 50.7 Å². The van der Waals surface area contributed by atoms with Crippen LogP contribution in [-0.4, -0.2) is 21.5 Å². The molecule has 0 aliphatic rings. The summed E-state index contributed by atoms with van der Waals surface area (Å²) in [5.74, 6) is 0.782. The van der Waals surface area contributed by atoms with Crippen LogP contribution >= 0.6 is 27.7 Å². The normalized spacial score (nSPS) is 10.2. The number of rotatable bonds is 4. The fraction of sp³-hybridized carbons (Fsp3) is 0.182. The number of anilines is 1. The van der Waals surface area contributed by atoms with Crippen LogP contribution in [0.3, 0.4) is 0 Å². The van der Waals surface area contributed by atoms with E-state index in [4.69, 9.17) is 0 Å². The Morgan fingerprint density at radius 3 is 3.06 bits per heavy atom. The van der Waals surface area contributed by atoms with Gasteiger partial charge in [-0.25, -0.2) is 9.97 Å². The molecule has 6 heteroatoms. The van der Waals surface area contributed by atoms with Crippen molar-refractivity contribution < 1.29 is 0 Å². The second kappa shape index (κ2) is 5.97. The van der Waals surface area contributed by atoms with Gasteiger partial charge < -0.3 is 5.32 Å². The number of halogens is 1. The zero-order valence-electron chi connectivity index (χ0n) is 9.22. The first-order valence-corrected chi connectivity index (χ1v) is 6.75. The lowest BCUT2D eigenvalue weighted by molar-refractivity contribution is 1.02. The molecule has 4 nitrogen and oxygen atoms in total. The van der Waals surface area contributed by atoms with Crippen molar-refractivity contribution in [3.63, 3.8) is 0 Å². The second-order valence-electron chi connectivity index (χ2n) is 3.17. The highest BCUT2D eigenvalue weighted by Gasteiger charge is 2.05. The molecule has 88 valence electrons. The Kier molecular flexibility index (Phi) is 4.33. The summed E-state index contributed by atoms with van der Waals surface area (Å²) < 4.78 is 0.959. The highest BCUT2D eigenvalue weighted by Crippen LogP contribution is 2.30. The molecule has 2 rings (SSSR count). The summed E-state index contributed by atoms with van der Waals surface area (Å²) in [4.78, 5) is 12.8. The summed E-state index contributed by atoms with van der Waals surface area (Å²) in [6.45, 7) is 2.85. The SMILES string of the molecule is CCNc1cncc(Sc2ncccc2Br)n1. The summed E-state index contributed by atoms with van der Waals surface area (Å²) in [5, 5.41) is 4.84.